The fraction of sp³-hybridized carbons (Fsp3) is 0.321. The van der Waals surface area contributed by atoms with E-state index >= 15 is 0 Å². The van der Waals surface area contributed by atoms with E-state index in [0.29, 0.717) is 33.8 Å². The van der Waals surface area contributed by atoms with E-state index in [-0.39, 0.29) is 5.92 Å². The SMILES string of the molecule is CN1CCC(C(CN[C@@H](O)Nc2cc(Cl)cc(Cl)c2)c2ccc(-c3cccc(C#N)c3)cc2)CC1. The molecule has 4 rings (SSSR count). The van der Waals surface area contributed by atoms with Crippen molar-refractivity contribution in [2.24, 2.45) is 5.92 Å². The minimum Gasteiger partial charge on any atom is -0.361 e. The van der Waals surface area contributed by atoms with Crippen LogP contribution in [0.2, 0.25) is 10.0 Å². The second-order valence-electron chi connectivity index (χ2n) is 9.18. The lowest BCUT2D eigenvalue weighted by molar-refractivity contribution is 0.147. The molecule has 1 aliphatic heterocycles. The fourth-order valence-electron chi connectivity index (χ4n) is 4.76. The van der Waals surface area contributed by atoms with E-state index in [4.69, 9.17) is 23.2 Å². The Morgan fingerprint density at radius 1 is 1.00 bits per heavy atom. The minimum absolute atomic E-state index is 0.252. The molecule has 0 radical (unpaired) electrons. The molecule has 0 aliphatic carbocycles. The highest BCUT2D eigenvalue weighted by atomic mass is 35.5. The first-order valence-electron chi connectivity index (χ1n) is 11.8. The molecule has 1 fully saturated rings. The van der Waals surface area contributed by atoms with Crippen molar-refractivity contribution < 1.29 is 5.11 Å². The Kier molecular flexibility index (Phi) is 8.67. The number of aliphatic hydroxyl groups is 1. The molecule has 0 amide bonds. The summed E-state index contributed by atoms with van der Waals surface area (Å²) < 4.78 is 0. The Morgan fingerprint density at radius 2 is 1.69 bits per heavy atom. The number of nitriles is 1. The number of likely N-dealkylation sites (tertiary alicyclic amines) is 1. The Morgan fingerprint density at radius 3 is 2.34 bits per heavy atom. The minimum atomic E-state index is -0.939. The van der Waals surface area contributed by atoms with Crippen LogP contribution in [0.25, 0.3) is 11.1 Å². The Bertz CT molecular complexity index is 1150. The van der Waals surface area contributed by atoms with Crippen molar-refractivity contribution in [1.82, 2.24) is 10.2 Å². The van der Waals surface area contributed by atoms with Gasteiger partial charge in [0.2, 0.25) is 0 Å². The van der Waals surface area contributed by atoms with Gasteiger partial charge in [-0.15, -0.1) is 0 Å². The lowest BCUT2D eigenvalue weighted by atomic mass is 9.79. The number of benzene rings is 3. The van der Waals surface area contributed by atoms with Gasteiger partial charge in [0.05, 0.1) is 11.6 Å². The fourth-order valence-corrected chi connectivity index (χ4v) is 5.29. The van der Waals surface area contributed by atoms with Crippen molar-refractivity contribution in [3.63, 3.8) is 0 Å². The number of hydrogen-bond acceptors (Lipinski definition) is 5. The van der Waals surface area contributed by atoms with Crippen LogP contribution in [0.15, 0.2) is 66.7 Å². The van der Waals surface area contributed by atoms with Crippen LogP contribution in [-0.4, -0.2) is 43.0 Å². The summed E-state index contributed by atoms with van der Waals surface area (Å²) in [5.41, 5.74) is 4.67. The predicted octanol–water partition coefficient (Wildman–Crippen LogP) is 5.94. The van der Waals surface area contributed by atoms with E-state index in [9.17, 15) is 10.4 Å². The molecule has 5 nitrogen and oxygen atoms in total. The third-order valence-corrected chi connectivity index (χ3v) is 7.13. The summed E-state index contributed by atoms with van der Waals surface area (Å²) in [5, 5.41) is 27.1. The van der Waals surface area contributed by atoms with Gasteiger partial charge in [-0.2, -0.15) is 5.26 Å². The second-order valence-corrected chi connectivity index (χ2v) is 10.0. The van der Waals surface area contributed by atoms with Crippen LogP contribution in [0.4, 0.5) is 5.69 Å². The smallest absolute Gasteiger partial charge is 0.181 e. The highest BCUT2D eigenvalue weighted by Crippen LogP contribution is 2.33. The topological polar surface area (TPSA) is 71.3 Å². The Balaban J connectivity index is 1.48. The number of rotatable bonds is 8. The van der Waals surface area contributed by atoms with Gasteiger partial charge in [0.15, 0.2) is 6.35 Å². The standard InChI is InChI=1S/C28H30Cl2N4O/c1-34-11-9-22(10-12-34)27(18-32-28(35)33-26-15-24(29)14-25(30)16-26)21-7-5-20(6-8-21)23-4-2-3-19(13-23)17-31/h2-8,13-16,22,27-28,32-33,35H,9-12,18H2,1H3/t27?,28-/m1/s1. The van der Waals surface area contributed by atoms with Crippen LogP contribution < -0.4 is 10.6 Å². The Hall–Kier alpha value is -2.59. The highest BCUT2D eigenvalue weighted by molar-refractivity contribution is 6.35. The van der Waals surface area contributed by atoms with E-state index in [2.05, 4.69) is 52.9 Å². The second kappa shape index (κ2) is 11.9. The van der Waals surface area contributed by atoms with Crippen LogP contribution in [-0.2, 0) is 0 Å². The predicted molar refractivity (Wildman–Crippen MR) is 144 cm³/mol. The summed E-state index contributed by atoms with van der Waals surface area (Å²) in [6.45, 7) is 2.77. The van der Waals surface area contributed by atoms with Gasteiger partial charge in [-0.3, -0.25) is 5.32 Å². The van der Waals surface area contributed by atoms with Gasteiger partial charge in [-0.05, 0) is 91.8 Å². The molecule has 3 aromatic carbocycles. The van der Waals surface area contributed by atoms with Crippen molar-refractivity contribution in [2.75, 3.05) is 32.0 Å². The summed E-state index contributed by atoms with van der Waals surface area (Å²) in [7, 11) is 2.16. The third-order valence-electron chi connectivity index (χ3n) is 6.69. The number of halogens is 2. The first-order chi connectivity index (χ1) is 16.9. The van der Waals surface area contributed by atoms with Gasteiger partial charge < -0.3 is 15.3 Å². The van der Waals surface area contributed by atoms with Crippen LogP contribution in [0.3, 0.4) is 0 Å². The normalized spacial score (nSPS) is 16.4. The molecular formula is C28H30Cl2N4O. The van der Waals surface area contributed by atoms with Crippen molar-refractivity contribution in [3.8, 4) is 17.2 Å². The molecule has 1 heterocycles. The molecular weight excluding hydrogens is 479 g/mol. The zero-order chi connectivity index (χ0) is 24.8. The number of anilines is 1. The molecule has 2 atom stereocenters. The van der Waals surface area contributed by atoms with Crippen molar-refractivity contribution in [1.29, 1.82) is 5.26 Å². The third kappa shape index (κ3) is 6.98. The molecule has 0 aromatic heterocycles. The number of nitrogens with one attached hydrogen (secondary N) is 2. The molecule has 0 bridgehead atoms. The summed E-state index contributed by atoms with van der Waals surface area (Å²) in [4.78, 5) is 2.37. The largest absolute Gasteiger partial charge is 0.361 e. The van der Waals surface area contributed by atoms with Gasteiger partial charge in [0.25, 0.3) is 0 Å². The van der Waals surface area contributed by atoms with Crippen molar-refractivity contribution >= 4 is 28.9 Å². The van der Waals surface area contributed by atoms with Crippen molar-refractivity contribution in [2.45, 2.75) is 25.1 Å². The summed E-state index contributed by atoms with van der Waals surface area (Å²) in [5.74, 6) is 0.766. The quantitative estimate of drug-likeness (QED) is 0.328. The van der Waals surface area contributed by atoms with E-state index in [0.717, 1.165) is 37.1 Å². The zero-order valence-corrected chi connectivity index (χ0v) is 21.2. The maximum absolute atomic E-state index is 10.6. The van der Waals surface area contributed by atoms with Gasteiger partial charge in [-0.1, -0.05) is 59.6 Å². The number of nitrogens with zero attached hydrogens (tertiary/aromatic N) is 2. The highest BCUT2D eigenvalue weighted by Gasteiger charge is 2.27. The number of aliphatic hydroxyl groups excluding tert-OH is 1. The van der Waals surface area contributed by atoms with Crippen LogP contribution in [0.1, 0.15) is 29.9 Å². The lowest BCUT2D eigenvalue weighted by Crippen LogP contribution is -2.41. The first-order valence-corrected chi connectivity index (χ1v) is 12.6. The Labute approximate surface area is 217 Å². The summed E-state index contributed by atoms with van der Waals surface area (Å²) in [6, 6.07) is 23.6. The molecule has 1 saturated heterocycles. The van der Waals surface area contributed by atoms with Crippen LogP contribution in [0.5, 0.6) is 0 Å². The monoisotopic (exact) mass is 508 g/mol. The molecule has 35 heavy (non-hydrogen) atoms. The molecule has 3 aromatic rings. The van der Waals surface area contributed by atoms with E-state index < -0.39 is 6.35 Å². The maximum atomic E-state index is 10.6. The van der Waals surface area contributed by atoms with Crippen molar-refractivity contribution in [3.05, 3.63) is 87.9 Å². The molecule has 0 saturated carbocycles. The molecule has 7 heteroatoms. The molecule has 1 aliphatic rings. The molecule has 3 N–H and O–H groups in total. The lowest BCUT2D eigenvalue weighted by Gasteiger charge is -2.35. The number of piperidine rings is 1. The van der Waals surface area contributed by atoms with Crippen LogP contribution in [0, 0.1) is 17.2 Å². The van der Waals surface area contributed by atoms with E-state index in [1.165, 1.54) is 5.56 Å². The van der Waals surface area contributed by atoms with E-state index in [1.807, 2.05) is 24.3 Å². The summed E-state index contributed by atoms with van der Waals surface area (Å²) in [6.07, 6.45) is 1.29. The molecule has 1 unspecified atom stereocenters. The first kappa shape index (κ1) is 25.5. The summed E-state index contributed by atoms with van der Waals surface area (Å²) >= 11 is 12.2. The average Bonchev–Trinajstić information content (AvgIpc) is 2.85. The molecule has 0 spiro atoms. The maximum Gasteiger partial charge on any atom is 0.181 e. The van der Waals surface area contributed by atoms with Gasteiger partial charge in [0.1, 0.15) is 0 Å². The zero-order valence-electron chi connectivity index (χ0n) is 19.7. The molecule has 182 valence electrons. The van der Waals surface area contributed by atoms with Gasteiger partial charge in [-0.25, -0.2) is 0 Å². The van der Waals surface area contributed by atoms with Gasteiger partial charge >= 0.3 is 0 Å². The van der Waals surface area contributed by atoms with Gasteiger partial charge in [0, 0.05) is 22.3 Å². The van der Waals surface area contributed by atoms with E-state index in [1.54, 1.807) is 18.2 Å². The number of hydrogen-bond donors (Lipinski definition) is 3. The van der Waals surface area contributed by atoms with Crippen LogP contribution >= 0.6 is 23.2 Å². The average molecular weight is 509 g/mol.